The standard InChI is InChI=1S/C19H21NO6S/c1-13-4-7-15(10-17(13)27(3,24)25)19(23)20(2)11-14-5-8-16(9-6-14)26-12-18(21)22/h4-10H,11-12H2,1-3H3,(H,21,22). The summed E-state index contributed by atoms with van der Waals surface area (Å²) in [6, 6.07) is 11.3. The molecule has 0 spiro atoms. The Hall–Kier alpha value is -2.87. The van der Waals surface area contributed by atoms with E-state index in [1.807, 2.05) is 0 Å². The van der Waals surface area contributed by atoms with Gasteiger partial charge in [-0.1, -0.05) is 18.2 Å². The maximum Gasteiger partial charge on any atom is 0.341 e. The second-order valence-electron chi connectivity index (χ2n) is 6.24. The van der Waals surface area contributed by atoms with Gasteiger partial charge < -0.3 is 14.7 Å². The first-order valence-electron chi connectivity index (χ1n) is 8.07. The van der Waals surface area contributed by atoms with Crippen LogP contribution in [0.25, 0.3) is 0 Å². The molecule has 8 heteroatoms. The van der Waals surface area contributed by atoms with Crippen molar-refractivity contribution in [3.05, 3.63) is 59.2 Å². The fraction of sp³-hybridized carbons (Fsp3) is 0.263. The molecule has 144 valence electrons. The normalized spacial score (nSPS) is 11.1. The minimum atomic E-state index is -3.42. The third kappa shape index (κ3) is 5.55. The van der Waals surface area contributed by atoms with E-state index in [4.69, 9.17) is 9.84 Å². The van der Waals surface area contributed by atoms with Gasteiger partial charge in [-0.2, -0.15) is 0 Å². The van der Waals surface area contributed by atoms with E-state index in [0.717, 1.165) is 11.8 Å². The smallest absolute Gasteiger partial charge is 0.341 e. The number of rotatable bonds is 7. The van der Waals surface area contributed by atoms with Crippen LogP contribution in [0.1, 0.15) is 21.5 Å². The number of hydrogen-bond donors (Lipinski definition) is 1. The molecule has 1 N–H and O–H groups in total. The Morgan fingerprint density at radius 3 is 2.30 bits per heavy atom. The second kappa shape index (κ2) is 8.22. The van der Waals surface area contributed by atoms with Crippen LogP contribution in [-0.4, -0.2) is 50.2 Å². The van der Waals surface area contributed by atoms with E-state index >= 15 is 0 Å². The van der Waals surface area contributed by atoms with E-state index in [2.05, 4.69) is 0 Å². The summed E-state index contributed by atoms with van der Waals surface area (Å²) in [6.45, 7) is 1.57. The molecule has 0 aromatic heterocycles. The molecule has 0 heterocycles. The molecular formula is C19H21NO6S. The number of nitrogens with zero attached hydrogens (tertiary/aromatic N) is 1. The molecule has 2 aromatic carbocycles. The average molecular weight is 391 g/mol. The minimum Gasteiger partial charge on any atom is -0.482 e. The van der Waals surface area contributed by atoms with Gasteiger partial charge in [0.25, 0.3) is 5.91 Å². The Kier molecular flexibility index (Phi) is 6.22. The molecule has 0 saturated carbocycles. The number of sulfone groups is 1. The maximum absolute atomic E-state index is 12.6. The Bertz CT molecular complexity index is 951. The highest BCUT2D eigenvalue weighted by molar-refractivity contribution is 7.90. The third-order valence-corrected chi connectivity index (χ3v) is 5.13. The van der Waals surface area contributed by atoms with Crippen LogP contribution in [0.5, 0.6) is 5.75 Å². The lowest BCUT2D eigenvalue weighted by Crippen LogP contribution is -2.26. The molecule has 0 atom stereocenters. The monoisotopic (exact) mass is 391 g/mol. The zero-order chi connectivity index (χ0) is 20.2. The molecule has 0 aliphatic rings. The zero-order valence-electron chi connectivity index (χ0n) is 15.3. The number of hydrogen-bond acceptors (Lipinski definition) is 5. The number of carboxylic acids is 1. The number of aryl methyl sites for hydroxylation is 1. The Morgan fingerprint density at radius 1 is 1.11 bits per heavy atom. The average Bonchev–Trinajstić information content (AvgIpc) is 2.59. The highest BCUT2D eigenvalue weighted by Gasteiger charge is 2.17. The minimum absolute atomic E-state index is 0.140. The van der Waals surface area contributed by atoms with Crippen molar-refractivity contribution in [1.82, 2.24) is 4.90 Å². The molecule has 2 aromatic rings. The summed E-state index contributed by atoms with van der Waals surface area (Å²) in [7, 11) is -1.79. The predicted octanol–water partition coefficient (Wildman–Crippen LogP) is 2.13. The van der Waals surface area contributed by atoms with E-state index in [1.165, 1.54) is 11.0 Å². The molecule has 2 rings (SSSR count). The van der Waals surface area contributed by atoms with Crippen LogP contribution >= 0.6 is 0 Å². The van der Waals surface area contributed by atoms with E-state index in [1.54, 1.807) is 50.4 Å². The van der Waals surface area contributed by atoms with Gasteiger partial charge >= 0.3 is 5.97 Å². The van der Waals surface area contributed by atoms with Crippen LogP contribution in [0.3, 0.4) is 0 Å². The van der Waals surface area contributed by atoms with Crippen molar-refractivity contribution in [2.45, 2.75) is 18.4 Å². The van der Waals surface area contributed by atoms with Crippen molar-refractivity contribution < 1.29 is 27.9 Å². The highest BCUT2D eigenvalue weighted by atomic mass is 32.2. The van der Waals surface area contributed by atoms with Crippen LogP contribution in [0, 0.1) is 6.92 Å². The fourth-order valence-electron chi connectivity index (χ4n) is 2.53. The van der Waals surface area contributed by atoms with Crippen LogP contribution in [-0.2, 0) is 21.2 Å². The number of carboxylic acid groups (broad SMARTS) is 1. The lowest BCUT2D eigenvalue weighted by molar-refractivity contribution is -0.139. The summed E-state index contributed by atoms with van der Waals surface area (Å²) < 4.78 is 28.7. The number of carbonyl (C=O) groups is 2. The summed E-state index contributed by atoms with van der Waals surface area (Å²) in [4.78, 5) is 24.7. The van der Waals surface area contributed by atoms with Crippen molar-refractivity contribution in [3.63, 3.8) is 0 Å². The van der Waals surface area contributed by atoms with E-state index in [-0.39, 0.29) is 10.8 Å². The van der Waals surface area contributed by atoms with Gasteiger partial charge in [-0.3, -0.25) is 4.79 Å². The topological polar surface area (TPSA) is 101 Å². The summed E-state index contributed by atoms with van der Waals surface area (Å²) in [5, 5.41) is 8.60. The number of benzene rings is 2. The van der Waals surface area contributed by atoms with Gasteiger partial charge in [0.05, 0.1) is 4.90 Å². The first-order chi connectivity index (χ1) is 12.6. The van der Waals surface area contributed by atoms with E-state index < -0.39 is 22.4 Å². The highest BCUT2D eigenvalue weighted by Crippen LogP contribution is 2.19. The molecule has 0 aliphatic heterocycles. The molecule has 1 amide bonds. The molecule has 0 fully saturated rings. The third-order valence-electron chi connectivity index (χ3n) is 3.89. The van der Waals surface area contributed by atoms with Gasteiger partial charge in [-0.25, -0.2) is 13.2 Å². The molecule has 0 radical (unpaired) electrons. The molecule has 0 bridgehead atoms. The number of aliphatic carboxylic acids is 1. The quantitative estimate of drug-likeness (QED) is 0.776. The SMILES string of the molecule is Cc1ccc(C(=O)N(C)Cc2ccc(OCC(=O)O)cc2)cc1S(C)(=O)=O. The van der Waals surface area contributed by atoms with Gasteiger partial charge in [-0.05, 0) is 42.3 Å². The largest absolute Gasteiger partial charge is 0.482 e. The van der Waals surface area contributed by atoms with E-state index in [9.17, 15) is 18.0 Å². The maximum atomic E-state index is 12.6. The fourth-order valence-corrected chi connectivity index (χ4v) is 3.53. The molecule has 0 unspecified atom stereocenters. The first-order valence-corrected chi connectivity index (χ1v) is 9.97. The lowest BCUT2D eigenvalue weighted by atomic mass is 10.1. The second-order valence-corrected chi connectivity index (χ2v) is 8.22. The van der Waals surface area contributed by atoms with Crippen LogP contribution in [0.4, 0.5) is 0 Å². The number of carbonyl (C=O) groups excluding carboxylic acids is 1. The summed E-state index contributed by atoms with van der Waals surface area (Å²) >= 11 is 0. The molecule has 27 heavy (non-hydrogen) atoms. The summed E-state index contributed by atoms with van der Waals surface area (Å²) in [5.74, 6) is -0.937. The van der Waals surface area contributed by atoms with Gasteiger partial charge in [0.15, 0.2) is 16.4 Å². The Morgan fingerprint density at radius 2 is 1.74 bits per heavy atom. The van der Waals surface area contributed by atoms with Crippen LogP contribution < -0.4 is 4.74 Å². The first kappa shape index (κ1) is 20.4. The van der Waals surface area contributed by atoms with Gasteiger partial charge in [0.2, 0.25) is 0 Å². The van der Waals surface area contributed by atoms with Crippen molar-refractivity contribution in [2.24, 2.45) is 0 Å². The Balaban J connectivity index is 2.11. The molecule has 7 nitrogen and oxygen atoms in total. The van der Waals surface area contributed by atoms with E-state index in [0.29, 0.717) is 23.4 Å². The molecule has 0 saturated heterocycles. The summed E-state index contributed by atoms with van der Waals surface area (Å²) in [5.41, 5.74) is 1.71. The van der Waals surface area contributed by atoms with Crippen molar-refractivity contribution in [1.29, 1.82) is 0 Å². The molecule has 0 aliphatic carbocycles. The number of ether oxygens (including phenoxy) is 1. The van der Waals surface area contributed by atoms with Crippen molar-refractivity contribution in [2.75, 3.05) is 19.9 Å². The van der Waals surface area contributed by atoms with Crippen LogP contribution in [0.15, 0.2) is 47.4 Å². The van der Waals surface area contributed by atoms with Gasteiger partial charge in [0.1, 0.15) is 5.75 Å². The Labute approximate surface area is 158 Å². The van der Waals surface area contributed by atoms with Crippen LogP contribution in [0.2, 0.25) is 0 Å². The predicted molar refractivity (Wildman–Crippen MR) is 99.7 cm³/mol. The summed E-state index contributed by atoms with van der Waals surface area (Å²) in [6.07, 6.45) is 1.11. The van der Waals surface area contributed by atoms with Gasteiger partial charge in [-0.15, -0.1) is 0 Å². The van der Waals surface area contributed by atoms with Crippen molar-refractivity contribution >= 4 is 21.7 Å². The number of amides is 1. The van der Waals surface area contributed by atoms with Crippen molar-refractivity contribution in [3.8, 4) is 5.75 Å². The molecular weight excluding hydrogens is 370 g/mol. The van der Waals surface area contributed by atoms with Gasteiger partial charge in [0, 0.05) is 25.4 Å². The lowest BCUT2D eigenvalue weighted by Gasteiger charge is -2.18. The zero-order valence-corrected chi connectivity index (χ0v) is 16.1.